The van der Waals surface area contributed by atoms with Crippen molar-refractivity contribution in [3.8, 4) is 0 Å². The third kappa shape index (κ3) is 2.34. The Morgan fingerprint density at radius 1 is 1.38 bits per heavy atom. The van der Waals surface area contributed by atoms with E-state index in [4.69, 9.17) is 11.6 Å². The lowest BCUT2D eigenvalue weighted by Crippen LogP contribution is -2.37. The number of carbonyl (C=O) groups is 2. The van der Waals surface area contributed by atoms with Crippen LogP contribution in [0.5, 0.6) is 0 Å². The van der Waals surface area contributed by atoms with Crippen LogP contribution in [-0.2, 0) is 9.59 Å². The summed E-state index contributed by atoms with van der Waals surface area (Å²) in [4.78, 5) is 27.3. The molecule has 1 saturated carbocycles. The SMILES string of the molecule is C=CC1C(=C(C)C)C(C)CC12CC(=O)N(c1cccc(Cl)c1)C2=O. The van der Waals surface area contributed by atoms with E-state index in [2.05, 4.69) is 27.4 Å². The third-order valence-corrected chi connectivity index (χ3v) is 5.59. The molecule has 0 radical (unpaired) electrons. The van der Waals surface area contributed by atoms with E-state index in [9.17, 15) is 9.59 Å². The Morgan fingerprint density at radius 3 is 2.67 bits per heavy atom. The molecule has 1 aliphatic carbocycles. The van der Waals surface area contributed by atoms with Crippen molar-refractivity contribution in [2.45, 2.75) is 33.6 Å². The molecule has 3 rings (SSSR count). The van der Waals surface area contributed by atoms with Crippen molar-refractivity contribution in [1.29, 1.82) is 0 Å². The summed E-state index contributed by atoms with van der Waals surface area (Å²) >= 11 is 6.04. The fraction of sp³-hybridized carbons (Fsp3) is 0.400. The van der Waals surface area contributed by atoms with E-state index in [0.717, 1.165) is 0 Å². The lowest BCUT2D eigenvalue weighted by Gasteiger charge is -2.27. The molecule has 24 heavy (non-hydrogen) atoms. The minimum absolute atomic E-state index is 0.0851. The van der Waals surface area contributed by atoms with Crippen LogP contribution in [-0.4, -0.2) is 11.8 Å². The molecule has 1 aromatic rings. The van der Waals surface area contributed by atoms with Gasteiger partial charge in [0, 0.05) is 17.4 Å². The molecule has 1 spiro atoms. The molecule has 0 N–H and O–H groups in total. The predicted octanol–water partition coefficient (Wildman–Crippen LogP) is 4.77. The Bertz CT molecular complexity index is 763. The van der Waals surface area contributed by atoms with Gasteiger partial charge in [0.25, 0.3) is 0 Å². The van der Waals surface area contributed by atoms with Crippen molar-refractivity contribution >= 4 is 29.1 Å². The maximum absolute atomic E-state index is 13.3. The largest absolute Gasteiger partial charge is 0.274 e. The van der Waals surface area contributed by atoms with E-state index >= 15 is 0 Å². The Kier molecular flexibility index (Phi) is 4.16. The molecule has 1 aliphatic heterocycles. The van der Waals surface area contributed by atoms with Gasteiger partial charge in [-0.2, -0.15) is 0 Å². The zero-order chi connectivity index (χ0) is 17.6. The van der Waals surface area contributed by atoms with Crippen molar-refractivity contribution in [3.05, 3.63) is 53.1 Å². The molecular weight excluding hydrogens is 322 g/mol. The Labute approximate surface area is 148 Å². The number of anilines is 1. The zero-order valence-electron chi connectivity index (χ0n) is 14.3. The topological polar surface area (TPSA) is 37.4 Å². The molecule has 0 aromatic heterocycles. The van der Waals surface area contributed by atoms with Gasteiger partial charge in [0.2, 0.25) is 11.8 Å². The average molecular weight is 344 g/mol. The van der Waals surface area contributed by atoms with Crippen LogP contribution in [0.4, 0.5) is 5.69 Å². The first-order valence-corrected chi connectivity index (χ1v) is 8.62. The summed E-state index contributed by atoms with van der Waals surface area (Å²) in [6.07, 6.45) is 2.76. The van der Waals surface area contributed by atoms with Gasteiger partial charge in [0.15, 0.2) is 0 Å². The molecule has 3 atom stereocenters. The minimum atomic E-state index is -0.701. The standard InChI is InChI=1S/C20H22ClNO2/c1-5-16-18(12(2)3)13(4)10-20(16)11-17(23)22(19(20)24)15-8-6-7-14(21)9-15/h5-9,13,16H,1,10-11H2,2-4H3. The number of amides is 2. The Hall–Kier alpha value is -1.87. The van der Waals surface area contributed by atoms with Crippen LogP contribution >= 0.6 is 11.6 Å². The smallest absolute Gasteiger partial charge is 0.241 e. The van der Waals surface area contributed by atoms with Crippen LogP contribution in [0.25, 0.3) is 0 Å². The highest BCUT2D eigenvalue weighted by molar-refractivity contribution is 6.31. The Balaban J connectivity index is 2.08. The number of allylic oxidation sites excluding steroid dienone is 3. The van der Waals surface area contributed by atoms with E-state index in [-0.39, 0.29) is 30.1 Å². The van der Waals surface area contributed by atoms with E-state index in [1.165, 1.54) is 16.0 Å². The van der Waals surface area contributed by atoms with Crippen molar-refractivity contribution in [3.63, 3.8) is 0 Å². The van der Waals surface area contributed by atoms with Crippen LogP contribution < -0.4 is 4.90 Å². The molecule has 1 heterocycles. The van der Waals surface area contributed by atoms with Crippen LogP contribution in [0.1, 0.15) is 33.6 Å². The van der Waals surface area contributed by atoms with Crippen molar-refractivity contribution in [2.24, 2.45) is 17.3 Å². The van der Waals surface area contributed by atoms with Gasteiger partial charge in [0.05, 0.1) is 11.1 Å². The lowest BCUT2D eigenvalue weighted by atomic mass is 9.75. The number of rotatable bonds is 2. The highest BCUT2D eigenvalue weighted by atomic mass is 35.5. The van der Waals surface area contributed by atoms with Crippen LogP contribution in [0, 0.1) is 17.3 Å². The number of imide groups is 1. The second kappa shape index (κ2) is 5.89. The van der Waals surface area contributed by atoms with Crippen LogP contribution in [0.15, 0.2) is 48.1 Å². The normalized spacial score (nSPS) is 29.7. The summed E-state index contributed by atoms with van der Waals surface area (Å²) in [5.74, 6) is -0.0914. The number of hydrogen-bond acceptors (Lipinski definition) is 2. The van der Waals surface area contributed by atoms with Gasteiger partial charge in [-0.05, 0) is 44.4 Å². The summed E-state index contributed by atoms with van der Waals surface area (Å²) in [6, 6.07) is 6.91. The molecular formula is C20H22ClNO2. The molecule has 3 nitrogen and oxygen atoms in total. The van der Waals surface area contributed by atoms with Gasteiger partial charge in [-0.15, -0.1) is 6.58 Å². The van der Waals surface area contributed by atoms with E-state index in [0.29, 0.717) is 17.1 Å². The summed E-state index contributed by atoms with van der Waals surface area (Å²) in [6.45, 7) is 10.2. The molecule has 126 valence electrons. The van der Waals surface area contributed by atoms with Crippen molar-refractivity contribution in [1.82, 2.24) is 0 Å². The van der Waals surface area contributed by atoms with Gasteiger partial charge < -0.3 is 0 Å². The molecule has 2 aliphatic rings. The third-order valence-electron chi connectivity index (χ3n) is 5.36. The first-order valence-electron chi connectivity index (χ1n) is 8.24. The average Bonchev–Trinajstić information content (AvgIpc) is 2.92. The van der Waals surface area contributed by atoms with Gasteiger partial charge >= 0.3 is 0 Å². The first kappa shape index (κ1) is 17.0. The van der Waals surface area contributed by atoms with E-state index < -0.39 is 5.41 Å². The van der Waals surface area contributed by atoms with Crippen LogP contribution in [0.3, 0.4) is 0 Å². The van der Waals surface area contributed by atoms with Gasteiger partial charge in [-0.25, -0.2) is 4.90 Å². The number of hydrogen-bond donors (Lipinski definition) is 0. The first-order chi connectivity index (χ1) is 11.3. The molecule has 0 bridgehead atoms. The summed E-state index contributed by atoms with van der Waals surface area (Å²) in [7, 11) is 0. The second-order valence-corrected chi connectivity index (χ2v) is 7.56. The van der Waals surface area contributed by atoms with Crippen molar-refractivity contribution in [2.75, 3.05) is 4.90 Å². The minimum Gasteiger partial charge on any atom is -0.274 e. The fourth-order valence-electron chi connectivity index (χ4n) is 4.58. The highest BCUT2D eigenvalue weighted by Crippen LogP contribution is 2.57. The van der Waals surface area contributed by atoms with Crippen LogP contribution in [0.2, 0.25) is 5.02 Å². The van der Waals surface area contributed by atoms with Crippen molar-refractivity contribution < 1.29 is 9.59 Å². The van der Waals surface area contributed by atoms with Gasteiger partial charge in [-0.1, -0.05) is 41.8 Å². The van der Waals surface area contributed by atoms with Gasteiger partial charge in [0.1, 0.15) is 0 Å². The molecule has 1 aromatic carbocycles. The predicted molar refractivity (Wildman–Crippen MR) is 96.8 cm³/mol. The summed E-state index contributed by atoms with van der Waals surface area (Å²) in [5.41, 5.74) is 2.31. The number of carbonyl (C=O) groups excluding carboxylic acids is 2. The number of benzene rings is 1. The number of nitrogens with zero attached hydrogens (tertiary/aromatic N) is 1. The van der Waals surface area contributed by atoms with Gasteiger partial charge in [-0.3, -0.25) is 9.59 Å². The highest BCUT2D eigenvalue weighted by Gasteiger charge is 2.60. The molecule has 3 unspecified atom stereocenters. The molecule has 4 heteroatoms. The second-order valence-electron chi connectivity index (χ2n) is 7.12. The maximum Gasteiger partial charge on any atom is 0.241 e. The fourth-order valence-corrected chi connectivity index (χ4v) is 4.77. The van der Waals surface area contributed by atoms with E-state index in [1.807, 2.05) is 6.08 Å². The number of halogens is 1. The molecule has 2 amide bonds. The summed E-state index contributed by atoms with van der Waals surface area (Å²) in [5, 5.41) is 0.513. The molecule has 2 fully saturated rings. The molecule has 1 saturated heterocycles. The Morgan fingerprint density at radius 2 is 2.08 bits per heavy atom. The maximum atomic E-state index is 13.3. The lowest BCUT2D eigenvalue weighted by molar-refractivity contribution is -0.126. The zero-order valence-corrected chi connectivity index (χ0v) is 15.1. The summed E-state index contributed by atoms with van der Waals surface area (Å²) < 4.78 is 0. The van der Waals surface area contributed by atoms with E-state index in [1.54, 1.807) is 24.3 Å². The monoisotopic (exact) mass is 343 g/mol. The quantitative estimate of drug-likeness (QED) is 0.573.